The molecule has 0 aromatic heterocycles. The molecule has 106 valence electrons. The first-order valence-corrected chi connectivity index (χ1v) is 6.35. The fourth-order valence-corrected chi connectivity index (χ4v) is 2.19. The van der Waals surface area contributed by atoms with E-state index in [2.05, 4.69) is 0 Å². The third-order valence-electron chi connectivity index (χ3n) is 3.01. The van der Waals surface area contributed by atoms with Crippen LogP contribution < -0.4 is 4.74 Å². The molecule has 0 saturated carbocycles. The van der Waals surface area contributed by atoms with Crippen molar-refractivity contribution >= 4 is 11.6 Å². The number of methoxy groups -OCH3 is 1. The average Bonchev–Trinajstić information content (AvgIpc) is 2.43. The molecule has 2 aromatic carbocycles. The lowest BCUT2D eigenvalue weighted by Gasteiger charge is -2.13. The molecule has 1 N–H and O–H groups in total. The number of aliphatic hydroxyl groups excluding tert-OH is 1. The van der Waals surface area contributed by atoms with Gasteiger partial charge in [0.15, 0.2) is 11.6 Å². The third-order valence-corrected chi connectivity index (χ3v) is 3.30. The summed E-state index contributed by atoms with van der Waals surface area (Å²) in [6, 6.07) is 8.67. The van der Waals surface area contributed by atoms with Crippen LogP contribution in [0.5, 0.6) is 5.75 Å². The third kappa shape index (κ3) is 3.08. The molecule has 0 saturated heterocycles. The molecule has 2 nitrogen and oxygen atoms in total. The van der Waals surface area contributed by atoms with Crippen molar-refractivity contribution in [2.45, 2.75) is 12.5 Å². The molecule has 1 unspecified atom stereocenters. The standard InChI is InChI=1S/C15H13ClF2O2/c1-20-14-6-5-9(7-11(14)16)13(19)8-10-3-2-4-12(17)15(10)18/h2-7,13,19H,8H2,1H3. The van der Waals surface area contributed by atoms with Gasteiger partial charge in [-0.05, 0) is 29.3 Å². The maximum atomic E-state index is 13.5. The smallest absolute Gasteiger partial charge is 0.162 e. The van der Waals surface area contributed by atoms with E-state index in [0.717, 1.165) is 6.07 Å². The predicted molar refractivity (Wildman–Crippen MR) is 73.0 cm³/mol. The summed E-state index contributed by atoms with van der Waals surface area (Å²) in [5.74, 6) is -1.38. The maximum absolute atomic E-state index is 13.5. The SMILES string of the molecule is COc1ccc(C(O)Cc2cccc(F)c2F)cc1Cl. The highest BCUT2D eigenvalue weighted by Crippen LogP contribution is 2.29. The summed E-state index contributed by atoms with van der Waals surface area (Å²) in [6.45, 7) is 0. The first kappa shape index (κ1) is 14.8. The van der Waals surface area contributed by atoms with Gasteiger partial charge >= 0.3 is 0 Å². The molecule has 0 amide bonds. The van der Waals surface area contributed by atoms with Gasteiger partial charge in [0.05, 0.1) is 18.2 Å². The van der Waals surface area contributed by atoms with E-state index in [-0.39, 0.29) is 12.0 Å². The van der Waals surface area contributed by atoms with E-state index in [1.165, 1.54) is 19.2 Å². The highest BCUT2D eigenvalue weighted by atomic mass is 35.5. The second-order valence-corrected chi connectivity index (χ2v) is 4.73. The molecular formula is C15H13ClF2O2. The largest absolute Gasteiger partial charge is 0.495 e. The van der Waals surface area contributed by atoms with Gasteiger partial charge in [-0.15, -0.1) is 0 Å². The van der Waals surface area contributed by atoms with Crippen LogP contribution in [0.4, 0.5) is 8.78 Å². The molecule has 2 aromatic rings. The first-order chi connectivity index (χ1) is 9.52. The van der Waals surface area contributed by atoms with Gasteiger partial charge in [0, 0.05) is 6.42 Å². The van der Waals surface area contributed by atoms with E-state index in [1.807, 2.05) is 0 Å². The van der Waals surface area contributed by atoms with Crippen LogP contribution in [0, 0.1) is 11.6 Å². The van der Waals surface area contributed by atoms with Crippen LogP contribution in [0.3, 0.4) is 0 Å². The topological polar surface area (TPSA) is 29.5 Å². The number of hydrogen-bond acceptors (Lipinski definition) is 2. The molecule has 1 atom stereocenters. The predicted octanol–water partition coefficient (Wildman–Crippen LogP) is 3.90. The van der Waals surface area contributed by atoms with Gasteiger partial charge in [-0.1, -0.05) is 29.8 Å². The van der Waals surface area contributed by atoms with Crippen molar-refractivity contribution in [3.63, 3.8) is 0 Å². The summed E-state index contributed by atoms with van der Waals surface area (Å²) in [4.78, 5) is 0. The van der Waals surface area contributed by atoms with Crippen LogP contribution in [0.25, 0.3) is 0 Å². The number of rotatable bonds is 4. The highest BCUT2D eigenvalue weighted by Gasteiger charge is 2.15. The Labute approximate surface area is 120 Å². The van der Waals surface area contributed by atoms with Gasteiger partial charge in [-0.25, -0.2) is 8.78 Å². The highest BCUT2D eigenvalue weighted by molar-refractivity contribution is 6.32. The van der Waals surface area contributed by atoms with Crippen LogP contribution in [-0.2, 0) is 6.42 Å². The Kier molecular flexibility index (Phi) is 4.57. The van der Waals surface area contributed by atoms with Crippen molar-refractivity contribution in [3.8, 4) is 5.75 Å². The number of aliphatic hydroxyl groups is 1. The second-order valence-electron chi connectivity index (χ2n) is 4.33. The van der Waals surface area contributed by atoms with Gasteiger partial charge < -0.3 is 9.84 Å². The summed E-state index contributed by atoms with van der Waals surface area (Å²) in [6.07, 6.45) is -1.01. The zero-order valence-electron chi connectivity index (χ0n) is 10.7. The minimum Gasteiger partial charge on any atom is -0.495 e. The zero-order valence-corrected chi connectivity index (χ0v) is 11.5. The van der Waals surface area contributed by atoms with Gasteiger partial charge in [-0.2, -0.15) is 0 Å². The van der Waals surface area contributed by atoms with Crippen molar-refractivity contribution in [2.75, 3.05) is 7.11 Å². The van der Waals surface area contributed by atoms with Crippen molar-refractivity contribution < 1.29 is 18.6 Å². The average molecular weight is 299 g/mol. The Hall–Kier alpha value is -1.65. The summed E-state index contributed by atoms with van der Waals surface area (Å²) in [7, 11) is 1.49. The van der Waals surface area contributed by atoms with Crippen molar-refractivity contribution in [3.05, 3.63) is 64.2 Å². The van der Waals surface area contributed by atoms with Gasteiger partial charge in [0.25, 0.3) is 0 Å². The van der Waals surface area contributed by atoms with Gasteiger partial charge in [-0.3, -0.25) is 0 Å². The molecule has 2 rings (SSSR count). The molecule has 0 spiro atoms. The summed E-state index contributed by atoms with van der Waals surface area (Å²) in [5.41, 5.74) is 0.629. The Morgan fingerprint density at radius 1 is 1.25 bits per heavy atom. The number of halogens is 3. The molecule has 0 bridgehead atoms. The molecule has 0 aliphatic rings. The van der Waals surface area contributed by atoms with Crippen LogP contribution in [-0.4, -0.2) is 12.2 Å². The first-order valence-electron chi connectivity index (χ1n) is 5.97. The Morgan fingerprint density at radius 3 is 2.65 bits per heavy atom. The second kappa shape index (κ2) is 6.20. The minimum atomic E-state index is -0.977. The molecule has 5 heteroatoms. The molecule has 0 aliphatic heterocycles. The fraction of sp³-hybridized carbons (Fsp3) is 0.200. The molecule has 0 heterocycles. The lowest BCUT2D eigenvalue weighted by molar-refractivity contribution is 0.176. The Morgan fingerprint density at radius 2 is 2.00 bits per heavy atom. The lowest BCUT2D eigenvalue weighted by Crippen LogP contribution is -2.05. The maximum Gasteiger partial charge on any atom is 0.162 e. The van der Waals surface area contributed by atoms with E-state index in [4.69, 9.17) is 16.3 Å². The fourth-order valence-electron chi connectivity index (χ4n) is 1.92. The molecular weight excluding hydrogens is 286 g/mol. The number of benzene rings is 2. The van der Waals surface area contributed by atoms with E-state index in [0.29, 0.717) is 16.3 Å². The van der Waals surface area contributed by atoms with E-state index >= 15 is 0 Å². The van der Waals surface area contributed by atoms with Crippen LogP contribution in [0.1, 0.15) is 17.2 Å². The van der Waals surface area contributed by atoms with Gasteiger partial charge in [0.2, 0.25) is 0 Å². The molecule has 0 aliphatic carbocycles. The van der Waals surface area contributed by atoms with Crippen molar-refractivity contribution in [2.24, 2.45) is 0 Å². The van der Waals surface area contributed by atoms with Gasteiger partial charge in [0.1, 0.15) is 5.75 Å². The summed E-state index contributed by atoms with van der Waals surface area (Å²) < 4.78 is 31.7. The molecule has 0 fully saturated rings. The van der Waals surface area contributed by atoms with Crippen LogP contribution >= 0.6 is 11.6 Å². The lowest BCUT2D eigenvalue weighted by atomic mass is 10.0. The molecule has 0 radical (unpaired) electrons. The number of hydrogen-bond donors (Lipinski definition) is 1. The van der Waals surface area contributed by atoms with Crippen LogP contribution in [0.2, 0.25) is 5.02 Å². The monoisotopic (exact) mass is 298 g/mol. The van der Waals surface area contributed by atoms with Crippen LogP contribution in [0.15, 0.2) is 36.4 Å². The Bertz CT molecular complexity index is 617. The molecule has 20 heavy (non-hydrogen) atoms. The normalized spacial score (nSPS) is 12.2. The van der Waals surface area contributed by atoms with E-state index < -0.39 is 17.7 Å². The quantitative estimate of drug-likeness (QED) is 0.927. The summed E-state index contributed by atoms with van der Waals surface area (Å²) >= 11 is 5.96. The number of ether oxygens (including phenoxy) is 1. The Balaban J connectivity index is 2.21. The van der Waals surface area contributed by atoms with Crippen molar-refractivity contribution in [1.29, 1.82) is 0 Å². The summed E-state index contributed by atoms with van der Waals surface area (Å²) in [5, 5.41) is 10.4. The minimum absolute atomic E-state index is 0.0355. The van der Waals surface area contributed by atoms with Crippen molar-refractivity contribution in [1.82, 2.24) is 0 Å². The van der Waals surface area contributed by atoms with E-state index in [9.17, 15) is 13.9 Å². The zero-order chi connectivity index (χ0) is 14.7. The van der Waals surface area contributed by atoms with E-state index in [1.54, 1.807) is 18.2 Å².